The van der Waals surface area contributed by atoms with Crippen LogP contribution in [0.4, 0.5) is 0 Å². The maximum atomic E-state index is 12.8. The highest BCUT2D eigenvalue weighted by molar-refractivity contribution is 6.18. The summed E-state index contributed by atoms with van der Waals surface area (Å²) in [6, 6.07) is 15.0. The summed E-state index contributed by atoms with van der Waals surface area (Å²) >= 11 is 0. The predicted octanol–water partition coefficient (Wildman–Crippen LogP) is 3.81. The van der Waals surface area contributed by atoms with E-state index in [1.165, 1.54) is 13.2 Å². The van der Waals surface area contributed by atoms with E-state index >= 15 is 0 Å². The van der Waals surface area contributed by atoms with Gasteiger partial charge < -0.3 is 9.47 Å². The van der Waals surface area contributed by atoms with Crippen molar-refractivity contribution < 1.29 is 19.1 Å². The monoisotopic (exact) mass is 348 g/mol. The molecule has 132 valence electrons. The number of carbonyl (C=O) groups excluding carboxylic acids is 2. The second-order valence-electron chi connectivity index (χ2n) is 6.06. The number of rotatable bonds is 5. The highest BCUT2D eigenvalue weighted by Gasteiger charge is 2.48. The molecule has 0 aromatic heterocycles. The smallest absolute Gasteiger partial charge is 0.324 e. The number of allylic oxidation sites excluding steroid dienone is 2. The Hall–Kier alpha value is -3.14. The first-order valence-electron chi connectivity index (χ1n) is 8.33. The molecule has 0 heterocycles. The molecular weight excluding hydrogens is 328 g/mol. The first-order chi connectivity index (χ1) is 12.6. The number of carbonyl (C=O) groups is 2. The van der Waals surface area contributed by atoms with E-state index < -0.39 is 11.4 Å². The number of ether oxygens (including phenoxy) is 2. The average Bonchev–Trinajstić information content (AvgIpc) is 2.69. The van der Waals surface area contributed by atoms with E-state index in [1.54, 1.807) is 13.2 Å². The zero-order valence-electron chi connectivity index (χ0n) is 14.8. The van der Waals surface area contributed by atoms with Gasteiger partial charge in [0.25, 0.3) is 0 Å². The normalized spacial score (nSPS) is 18.6. The predicted molar refractivity (Wildman–Crippen MR) is 101 cm³/mol. The van der Waals surface area contributed by atoms with Crippen molar-refractivity contribution in [1.82, 2.24) is 0 Å². The van der Waals surface area contributed by atoms with E-state index in [0.29, 0.717) is 5.56 Å². The molecule has 3 rings (SSSR count). The average molecular weight is 348 g/mol. The molecule has 2 aromatic carbocycles. The number of ketones is 1. The fourth-order valence-corrected chi connectivity index (χ4v) is 3.27. The van der Waals surface area contributed by atoms with Crippen LogP contribution in [0.1, 0.15) is 23.1 Å². The van der Waals surface area contributed by atoms with E-state index in [4.69, 9.17) is 9.47 Å². The van der Waals surface area contributed by atoms with Gasteiger partial charge in [0.1, 0.15) is 5.75 Å². The van der Waals surface area contributed by atoms with Gasteiger partial charge in [-0.1, -0.05) is 54.6 Å². The van der Waals surface area contributed by atoms with Gasteiger partial charge in [0, 0.05) is 0 Å². The Morgan fingerprint density at radius 3 is 2.65 bits per heavy atom. The van der Waals surface area contributed by atoms with Crippen LogP contribution in [-0.2, 0) is 19.7 Å². The summed E-state index contributed by atoms with van der Waals surface area (Å²) in [5.74, 6) is -0.0650. The van der Waals surface area contributed by atoms with E-state index in [-0.39, 0.29) is 12.2 Å². The maximum absolute atomic E-state index is 12.8. The maximum Gasteiger partial charge on any atom is 0.324 e. The van der Waals surface area contributed by atoms with Crippen LogP contribution in [0.3, 0.4) is 0 Å². The number of fused-ring (bicyclic) bond motifs is 1. The fourth-order valence-electron chi connectivity index (χ4n) is 3.27. The van der Waals surface area contributed by atoms with Gasteiger partial charge in [0.2, 0.25) is 0 Å². The second kappa shape index (κ2) is 7.40. The van der Waals surface area contributed by atoms with E-state index in [2.05, 4.69) is 0 Å². The third-order valence-electron chi connectivity index (χ3n) is 4.62. The molecule has 0 spiro atoms. The van der Waals surface area contributed by atoms with Crippen molar-refractivity contribution in [3.63, 3.8) is 0 Å². The molecule has 26 heavy (non-hydrogen) atoms. The van der Waals surface area contributed by atoms with Crippen LogP contribution >= 0.6 is 0 Å². The molecule has 0 fully saturated rings. The van der Waals surface area contributed by atoms with Crippen LogP contribution in [0.2, 0.25) is 0 Å². The Balaban J connectivity index is 1.99. The Morgan fingerprint density at radius 1 is 1.08 bits per heavy atom. The lowest BCUT2D eigenvalue weighted by Crippen LogP contribution is -2.45. The van der Waals surface area contributed by atoms with Crippen molar-refractivity contribution in [2.75, 3.05) is 14.2 Å². The highest BCUT2D eigenvalue weighted by atomic mass is 16.5. The zero-order valence-corrected chi connectivity index (χ0v) is 14.8. The minimum absolute atomic E-state index is 0.219. The lowest BCUT2D eigenvalue weighted by molar-refractivity contribution is -0.150. The van der Waals surface area contributed by atoms with Gasteiger partial charge in [-0.25, -0.2) is 0 Å². The molecule has 1 atom stereocenters. The molecular formula is C22H20O4. The van der Waals surface area contributed by atoms with Gasteiger partial charge in [-0.15, -0.1) is 0 Å². The Labute approximate surface area is 152 Å². The van der Waals surface area contributed by atoms with Gasteiger partial charge >= 0.3 is 5.97 Å². The van der Waals surface area contributed by atoms with Crippen molar-refractivity contribution in [1.29, 1.82) is 0 Å². The lowest BCUT2D eigenvalue weighted by atomic mass is 9.69. The Kier molecular flexibility index (Phi) is 5.03. The van der Waals surface area contributed by atoms with Gasteiger partial charge in [-0.3, -0.25) is 9.59 Å². The molecule has 4 heteroatoms. The molecule has 0 saturated carbocycles. The molecule has 0 bridgehead atoms. The first kappa shape index (κ1) is 17.7. The number of hydrogen-bond acceptors (Lipinski definition) is 4. The SMILES string of the molecule is COC(=O)C1(C/C=C/c2cccc(OC)c2)C(=O)C=Cc2ccccc21. The van der Waals surface area contributed by atoms with E-state index in [9.17, 15) is 9.59 Å². The van der Waals surface area contributed by atoms with Crippen LogP contribution in [0, 0.1) is 0 Å². The molecule has 1 unspecified atom stereocenters. The largest absolute Gasteiger partial charge is 0.497 e. The van der Waals surface area contributed by atoms with Crippen LogP contribution in [0.5, 0.6) is 5.75 Å². The molecule has 1 aliphatic rings. The summed E-state index contributed by atoms with van der Waals surface area (Å²) in [6.45, 7) is 0. The van der Waals surface area contributed by atoms with Crippen molar-refractivity contribution in [3.8, 4) is 5.75 Å². The summed E-state index contributed by atoms with van der Waals surface area (Å²) in [4.78, 5) is 25.5. The van der Waals surface area contributed by atoms with Crippen LogP contribution in [0.25, 0.3) is 12.2 Å². The minimum Gasteiger partial charge on any atom is -0.497 e. The number of methoxy groups -OCH3 is 2. The van der Waals surface area contributed by atoms with Crippen LogP contribution < -0.4 is 4.74 Å². The van der Waals surface area contributed by atoms with Gasteiger partial charge in [0.05, 0.1) is 14.2 Å². The van der Waals surface area contributed by atoms with Gasteiger partial charge in [-0.2, -0.15) is 0 Å². The molecule has 0 N–H and O–H groups in total. The standard InChI is InChI=1S/C22H20O4/c1-25-18-10-5-7-16(15-18)8-6-14-22(21(24)26-2)19-11-4-3-9-17(19)12-13-20(22)23/h3-13,15H,14H2,1-2H3/b8-6+. The summed E-state index contributed by atoms with van der Waals surface area (Å²) in [5.41, 5.74) is 1.11. The molecule has 2 aromatic rings. The summed E-state index contributed by atoms with van der Waals surface area (Å²) < 4.78 is 10.2. The summed E-state index contributed by atoms with van der Waals surface area (Å²) in [7, 11) is 2.92. The van der Waals surface area contributed by atoms with E-state index in [0.717, 1.165) is 16.9 Å². The van der Waals surface area contributed by atoms with Crippen molar-refractivity contribution in [2.45, 2.75) is 11.8 Å². The Morgan fingerprint density at radius 2 is 1.88 bits per heavy atom. The molecule has 4 nitrogen and oxygen atoms in total. The number of benzene rings is 2. The van der Waals surface area contributed by atoms with Crippen LogP contribution in [0.15, 0.2) is 60.7 Å². The first-order valence-corrected chi connectivity index (χ1v) is 8.33. The molecule has 0 radical (unpaired) electrons. The van der Waals surface area contributed by atoms with Gasteiger partial charge in [-0.05, 0) is 41.3 Å². The zero-order chi connectivity index (χ0) is 18.6. The van der Waals surface area contributed by atoms with E-state index in [1.807, 2.05) is 60.7 Å². The molecule has 1 aliphatic carbocycles. The number of hydrogen-bond donors (Lipinski definition) is 0. The second-order valence-corrected chi connectivity index (χ2v) is 6.06. The lowest BCUT2D eigenvalue weighted by Gasteiger charge is -2.31. The quantitative estimate of drug-likeness (QED) is 0.609. The topological polar surface area (TPSA) is 52.6 Å². The molecule has 0 aliphatic heterocycles. The summed E-state index contributed by atoms with van der Waals surface area (Å²) in [6.07, 6.45) is 7.13. The third kappa shape index (κ3) is 3.06. The number of esters is 1. The fraction of sp³-hybridized carbons (Fsp3) is 0.182. The molecule has 0 amide bonds. The highest BCUT2D eigenvalue weighted by Crippen LogP contribution is 2.38. The van der Waals surface area contributed by atoms with Gasteiger partial charge in [0.15, 0.2) is 11.2 Å². The van der Waals surface area contributed by atoms with Crippen molar-refractivity contribution >= 4 is 23.9 Å². The minimum atomic E-state index is -1.35. The van der Waals surface area contributed by atoms with Crippen molar-refractivity contribution in [2.24, 2.45) is 0 Å². The van der Waals surface area contributed by atoms with Crippen LogP contribution in [-0.4, -0.2) is 26.0 Å². The third-order valence-corrected chi connectivity index (χ3v) is 4.62. The Bertz CT molecular complexity index is 895. The summed E-state index contributed by atoms with van der Waals surface area (Å²) in [5, 5.41) is 0. The molecule has 0 saturated heterocycles. The van der Waals surface area contributed by atoms with Crippen molar-refractivity contribution in [3.05, 3.63) is 77.4 Å².